The summed E-state index contributed by atoms with van der Waals surface area (Å²) in [5, 5.41) is 0. The molecule has 0 heteroatoms. The number of benzene rings is 1. The second-order valence-corrected chi connectivity index (χ2v) is 5.63. The van der Waals surface area contributed by atoms with Crippen molar-refractivity contribution in [2.24, 2.45) is 0 Å². The number of rotatable bonds is 2. The Morgan fingerprint density at radius 3 is 1.19 bits per heavy atom. The van der Waals surface area contributed by atoms with E-state index in [1.54, 1.807) is 11.1 Å². The minimum atomic E-state index is 0.873. The van der Waals surface area contributed by atoms with E-state index >= 15 is 0 Å². The van der Waals surface area contributed by atoms with Crippen molar-refractivity contribution in [1.82, 2.24) is 0 Å². The largest absolute Gasteiger partial charge is 0.0585 e. The van der Waals surface area contributed by atoms with Crippen LogP contribution in [0.4, 0.5) is 0 Å². The Morgan fingerprint density at radius 2 is 0.875 bits per heavy atom. The lowest BCUT2D eigenvalue weighted by Gasteiger charge is -2.13. The first-order chi connectivity index (χ1) is 7.93. The van der Waals surface area contributed by atoms with Gasteiger partial charge in [-0.3, -0.25) is 0 Å². The van der Waals surface area contributed by atoms with Crippen molar-refractivity contribution in [3.8, 4) is 0 Å². The van der Waals surface area contributed by atoms with Crippen LogP contribution in [0.15, 0.2) is 24.3 Å². The van der Waals surface area contributed by atoms with Crippen molar-refractivity contribution in [1.29, 1.82) is 0 Å². The molecule has 1 aromatic carbocycles. The van der Waals surface area contributed by atoms with Gasteiger partial charge in [0.05, 0.1) is 0 Å². The van der Waals surface area contributed by atoms with E-state index in [2.05, 4.69) is 24.3 Å². The van der Waals surface area contributed by atoms with E-state index in [4.69, 9.17) is 0 Å². The van der Waals surface area contributed by atoms with E-state index in [1.807, 2.05) is 0 Å². The van der Waals surface area contributed by atoms with Gasteiger partial charge in [-0.25, -0.2) is 0 Å². The van der Waals surface area contributed by atoms with Crippen LogP contribution in [0.1, 0.15) is 74.3 Å². The third-order valence-electron chi connectivity index (χ3n) is 4.59. The normalized spacial score (nSPS) is 23.0. The maximum Gasteiger partial charge on any atom is -0.0162 e. The lowest BCUT2D eigenvalue weighted by molar-refractivity contribution is 0.709. The van der Waals surface area contributed by atoms with Gasteiger partial charge in [-0.1, -0.05) is 49.9 Å². The molecule has 0 atom stereocenters. The van der Waals surface area contributed by atoms with E-state index in [1.165, 1.54) is 51.4 Å². The smallest absolute Gasteiger partial charge is 0.0162 e. The Morgan fingerprint density at radius 1 is 0.562 bits per heavy atom. The summed E-state index contributed by atoms with van der Waals surface area (Å²) in [7, 11) is 0. The van der Waals surface area contributed by atoms with E-state index in [-0.39, 0.29) is 0 Å². The molecule has 2 aliphatic carbocycles. The number of hydrogen-bond donors (Lipinski definition) is 0. The molecular weight excluding hydrogens is 192 g/mol. The van der Waals surface area contributed by atoms with Gasteiger partial charge in [0, 0.05) is 0 Å². The Balaban J connectivity index is 1.73. The molecule has 0 spiro atoms. The summed E-state index contributed by atoms with van der Waals surface area (Å²) in [4.78, 5) is 0. The van der Waals surface area contributed by atoms with Crippen molar-refractivity contribution in [3.05, 3.63) is 35.4 Å². The van der Waals surface area contributed by atoms with Crippen molar-refractivity contribution >= 4 is 0 Å². The van der Waals surface area contributed by atoms with Crippen LogP contribution in [-0.2, 0) is 0 Å². The lowest BCUT2D eigenvalue weighted by Crippen LogP contribution is -1.95. The van der Waals surface area contributed by atoms with Gasteiger partial charge in [0.25, 0.3) is 0 Å². The monoisotopic (exact) mass is 214 g/mol. The van der Waals surface area contributed by atoms with Crippen molar-refractivity contribution in [2.45, 2.75) is 63.2 Å². The highest BCUT2D eigenvalue weighted by atomic mass is 14.2. The first kappa shape index (κ1) is 10.4. The average molecular weight is 214 g/mol. The van der Waals surface area contributed by atoms with Crippen LogP contribution < -0.4 is 0 Å². The summed E-state index contributed by atoms with van der Waals surface area (Å²) in [6, 6.07) is 9.63. The topological polar surface area (TPSA) is 0 Å². The summed E-state index contributed by atoms with van der Waals surface area (Å²) >= 11 is 0. The first-order valence-electron chi connectivity index (χ1n) is 7.03. The van der Waals surface area contributed by atoms with Crippen LogP contribution >= 0.6 is 0 Å². The van der Waals surface area contributed by atoms with Gasteiger partial charge in [0.15, 0.2) is 0 Å². The SMILES string of the molecule is c1cc(C2CCCC2)ccc1C1CCCC1. The Hall–Kier alpha value is -0.780. The van der Waals surface area contributed by atoms with Crippen LogP contribution in [0.2, 0.25) is 0 Å². The highest BCUT2D eigenvalue weighted by molar-refractivity contribution is 5.28. The zero-order valence-electron chi connectivity index (χ0n) is 10.1. The third-order valence-corrected chi connectivity index (χ3v) is 4.59. The average Bonchev–Trinajstić information content (AvgIpc) is 3.03. The molecule has 0 radical (unpaired) electrons. The van der Waals surface area contributed by atoms with E-state index in [0.29, 0.717) is 0 Å². The quantitative estimate of drug-likeness (QED) is 0.649. The van der Waals surface area contributed by atoms with Gasteiger partial charge < -0.3 is 0 Å². The van der Waals surface area contributed by atoms with E-state index in [9.17, 15) is 0 Å². The highest BCUT2D eigenvalue weighted by Gasteiger charge is 2.19. The third kappa shape index (κ3) is 2.03. The molecule has 0 aliphatic heterocycles. The van der Waals surface area contributed by atoms with Crippen molar-refractivity contribution in [3.63, 3.8) is 0 Å². The molecule has 16 heavy (non-hydrogen) atoms. The summed E-state index contributed by atoms with van der Waals surface area (Å²) in [6.45, 7) is 0. The predicted molar refractivity (Wildman–Crippen MR) is 68.9 cm³/mol. The second kappa shape index (κ2) is 4.61. The molecule has 0 saturated heterocycles. The van der Waals surface area contributed by atoms with Crippen LogP contribution in [0.5, 0.6) is 0 Å². The lowest BCUT2D eigenvalue weighted by atomic mass is 9.92. The van der Waals surface area contributed by atoms with E-state index in [0.717, 1.165) is 11.8 Å². The fourth-order valence-electron chi connectivity index (χ4n) is 3.56. The summed E-state index contributed by atoms with van der Waals surface area (Å²) < 4.78 is 0. The molecule has 0 amide bonds. The Bertz CT molecular complexity index is 289. The molecule has 0 aromatic heterocycles. The van der Waals surface area contributed by atoms with Gasteiger partial charge in [-0.15, -0.1) is 0 Å². The number of hydrogen-bond acceptors (Lipinski definition) is 0. The van der Waals surface area contributed by atoms with Gasteiger partial charge in [0.2, 0.25) is 0 Å². The maximum absolute atomic E-state index is 2.41. The second-order valence-electron chi connectivity index (χ2n) is 5.63. The van der Waals surface area contributed by atoms with Gasteiger partial charge in [-0.05, 0) is 48.6 Å². The molecule has 2 saturated carbocycles. The standard InChI is InChI=1S/C16H22/c1-2-6-13(5-1)15-9-11-16(12-10-15)14-7-3-4-8-14/h9-14H,1-8H2. The fourth-order valence-corrected chi connectivity index (χ4v) is 3.56. The zero-order chi connectivity index (χ0) is 10.8. The van der Waals surface area contributed by atoms with Crippen LogP contribution in [0.25, 0.3) is 0 Å². The van der Waals surface area contributed by atoms with Gasteiger partial charge in [0.1, 0.15) is 0 Å². The first-order valence-corrected chi connectivity index (χ1v) is 7.03. The molecule has 0 bridgehead atoms. The summed E-state index contributed by atoms with van der Waals surface area (Å²) in [5.74, 6) is 1.75. The van der Waals surface area contributed by atoms with Crippen LogP contribution in [0.3, 0.4) is 0 Å². The molecule has 0 heterocycles. The Labute approximate surface area is 99.1 Å². The van der Waals surface area contributed by atoms with Gasteiger partial charge in [-0.2, -0.15) is 0 Å². The van der Waals surface area contributed by atoms with Crippen molar-refractivity contribution in [2.75, 3.05) is 0 Å². The highest BCUT2D eigenvalue weighted by Crippen LogP contribution is 2.37. The summed E-state index contributed by atoms with van der Waals surface area (Å²) in [6.07, 6.45) is 11.4. The Kier molecular flexibility index (Phi) is 2.99. The molecule has 0 nitrogen and oxygen atoms in total. The minimum absolute atomic E-state index is 0.873. The van der Waals surface area contributed by atoms with Gasteiger partial charge >= 0.3 is 0 Å². The minimum Gasteiger partial charge on any atom is -0.0585 e. The molecule has 86 valence electrons. The maximum atomic E-state index is 2.41. The molecule has 2 aliphatic rings. The van der Waals surface area contributed by atoms with Crippen LogP contribution in [0, 0.1) is 0 Å². The molecular formula is C16H22. The van der Waals surface area contributed by atoms with E-state index < -0.39 is 0 Å². The molecule has 2 fully saturated rings. The van der Waals surface area contributed by atoms with Crippen molar-refractivity contribution < 1.29 is 0 Å². The molecule has 0 unspecified atom stereocenters. The fraction of sp³-hybridized carbons (Fsp3) is 0.625. The molecule has 3 rings (SSSR count). The summed E-state index contributed by atoms with van der Waals surface area (Å²) in [5.41, 5.74) is 3.19. The predicted octanol–water partition coefficient (Wildman–Crippen LogP) is 5.00. The molecule has 0 N–H and O–H groups in total. The van der Waals surface area contributed by atoms with Crippen LogP contribution in [-0.4, -0.2) is 0 Å². The molecule has 1 aromatic rings. The zero-order valence-corrected chi connectivity index (χ0v) is 10.1.